The van der Waals surface area contributed by atoms with Crippen molar-refractivity contribution in [1.29, 1.82) is 0 Å². The van der Waals surface area contributed by atoms with Crippen LogP contribution >= 0.6 is 0 Å². The lowest BCUT2D eigenvalue weighted by Crippen LogP contribution is -2.06. The maximum absolute atomic E-state index is 11.8. The number of esters is 1. The largest absolute Gasteiger partial charge is 0.497 e. The highest BCUT2D eigenvalue weighted by Gasteiger charge is 2.22. The molecule has 0 amide bonds. The average Bonchev–Trinajstić information content (AvgIpc) is 2.80. The average molecular weight is 246 g/mol. The number of carbonyl (C=O) groups excluding carboxylic acids is 1. The number of fused-ring (bicyclic) bond motifs is 1. The van der Waals surface area contributed by atoms with Gasteiger partial charge in [-0.25, -0.2) is 4.79 Å². The molecule has 1 aliphatic rings. The predicted octanol–water partition coefficient (Wildman–Crippen LogP) is 2.98. The molecule has 0 heterocycles. The van der Waals surface area contributed by atoms with Crippen LogP contribution in [0.25, 0.3) is 5.57 Å². The molecule has 0 saturated heterocycles. The molecular weight excluding hydrogens is 228 g/mol. The van der Waals surface area contributed by atoms with Crippen molar-refractivity contribution >= 4 is 11.5 Å². The molecule has 96 valence electrons. The van der Waals surface area contributed by atoms with Crippen molar-refractivity contribution in [3.63, 3.8) is 0 Å². The van der Waals surface area contributed by atoms with Gasteiger partial charge in [-0.2, -0.15) is 0 Å². The molecule has 2 rings (SSSR count). The Bertz CT molecular complexity index is 500. The second-order valence-electron chi connectivity index (χ2n) is 4.35. The van der Waals surface area contributed by atoms with Gasteiger partial charge >= 0.3 is 5.97 Å². The molecule has 0 unspecified atom stereocenters. The van der Waals surface area contributed by atoms with Gasteiger partial charge in [0.05, 0.1) is 13.7 Å². The molecule has 0 saturated carbocycles. The molecule has 0 N–H and O–H groups in total. The summed E-state index contributed by atoms with van der Waals surface area (Å²) in [7, 11) is 1.65. The SMILES string of the molecule is CCOC(=O)/C(C)=C1/CCc2ccc(OC)cc21. The highest BCUT2D eigenvalue weighted by atomic mass is 16.5. The number of ether oxygens (including phenoxy) is 2. The van der Waals surface area contributed by atoms with E-state index in [9.17, 15) is 4.79 Å². The van der Waals surface area contributed by atoms with E-state index in [1.54, 1.807) is 7.11 Å². The van der Waals surface area contributed by atoms with Gasteiger partial charge in [0.2, 0.25) is 0 Å². The van der Waals surface area contributed by atoms with Crippen molar-refractivity contribution in [1.82, 2.24) is 0 Å². The zero-order valence-electron chi connectivity index (χ0n) is 11.1. The quantitative estimate of drug-likeness (QED) is 0.607. The van der Waals surface area contributed by atoms with Gasteiger partial charge in [-0.3, -0.25) is 0 Å². The molecule has 0 bridgehead atoms. The molecule has 0 fully saturated rings. The van der Waals surface area contributed by atoms with Crippen molar-refractivity contribution in [2.24, 2.45) is 0 Å². The second-order valence-corrected chi connectivity index (χ2v) is 4.35. The summed E-state index contributed by atoms with van der Waals surface area (Å²) in [6.45, 7) is 4.07. The Kier molecular flexibility index (Phi) is 3.70. The normalized spacial score (nSPS) is 16.2. The zero-order valence-corrected chi connectivity index (χ0v) is 11.1. The van der Waals surface area contributed by atoms with Crippen LogP contribution in [0.15, 0.2) is 23.8 Å². The Balaban J connectivity index is 2.40. The van der Waals surface area contributed by atoms with E-state index in [0.29, 0.717) is 12.2 Å². The fraction of sp³-hybridized carbons (Fsp3) is 0.400. The van der Waals surface area contributed by atoms with E-state index in [-0.39, 0.29) is 5.97 Å². The summed E-state index contributed by atoms with van der Waals surface area (Å²) in [6, 6.07) is 6.03. The van der Waals surface area contributed by atoms with Crippen LogP contribution in [-0.4, -0.2) is 19.7 Å². The summed E-state index contributed by atoms with van der Waals surface area (Å²) in [5.74, 6) is 0.605. The predicted molar refractivity (Wildman–Crippen MR) is 70.5 cm³/mol. The zero-order chi connectivity index (χ0) is 13.1. The molecule has 0 aliphatic heterocycles. The van der Waals surface area contributed by atoms with E-state index in [1.807, 2.05) is 26.0 Å². The maximum Gasteiger partial charge on any atom is 0.333 e. The molecule has 0 atom stereocenters. The number of hydrogen-bond donors (Lipinski definition) is 0. The third kappa shape index (κ3) is 2.26. The highest BCUT2D eigenvalue weighted by Crippen LogP contribution is 2.36. The van der Waals surface area contributed by atoms with Gasteiger partial charge in [0.1, 0.15) is 5.75 Å². The van der Waals surface area contributed by atoms with Crippen molar-refractivity contribution in [3.8, 4) is 5.75 Å². The van der Waals surface area contributed by atoms with Gasteiger partial charge in [-0.15, -0.1) is 0 Å². The van der Waals surface area contributed by atoms with Crippen LogP contribution in [0.1, 0.15) is 31.4 Å². The summed E-state index contributed by atoms with van der Waals surface area (Å²) >= 11 is 0. The first kappa shape index (κ1) is 12.7. The Morgan fingerprint density at radius 2 is 2.11 bits per heavy atom. The Morgan fingerprint density at radius 3 is 2.78 bits per heavy atom. The van der Waals surface area contributed by atoms with E-state index in [4.69, 9.17) is 9.47 Å². The number of allylic oxidation sites excluding steroid dienone is 1. The lowest BCUT2D eigenvalue weighted by Gasteiger charge is -2.08. The summed E-state index contributed by atoms with van der Waals surface area (Å²) in [5, 5.41) is 0. The van der Waals surface area contributed by atoms with E-state index in [1.165, 1.54) is 5.56 Å². The van der Waals surface area contributed by atoms with Crippen molar-refractivity contribution in [2.75, 3.05) is 13.7 Å². The Morgan fingerprint density at radius 1 is 1.33 bits per heavy atom. The molecule has 3 nitrogen and oxygen atoms in total. The van der Waals surface area contributed by atoms with Crippen LogP contribution in [-0.2, 0) is 16.0 Å². The summed E-state index contributed by atoms with van der Waals surface area (Å²) in [5.41, 5.74) is 4.19. The summed E-state index contributed by atoms with van der Waals surface area (Å²) in [6.07, 6.45) is 1.87. The standard InChI is InChI=1S/C15H18O3/c1-4-18-15(16)10(2)13-8-6-11-5-7-12(17-3)9-14(11)13/h5,7,9H,4,6,8H2,1-3H3/b13-10-. The monoisotopic (exact) mass is 246 g/mol. The first-order chi connectivity index (χ1) is 8.67. The third-order valence-electron chi connectivity index (χ3n) is 3.32. The molecule has 1 aromatic carbocycles. The number of methoxy groups -OCH3 is 1. The first-order valence-electron chi connectivity index (χ1n) is 6.21. The molecule has 1 aliphatic carbocycles. The lowest BCUT2D eigenvalue weighted by molar-refractivity contribution is -0.138. The van der Waals surface area contributed by atoms with Gasteiger partial charge < -0.3 is 9.47 Å². The number of benzene rings is 1. The number of rotatable bonds is 3. The minimum Gasteiger partial charge on any atom is -0.497 e. The first-order valence-corrected chi connectivity index (χ1v) is 6.21. The lowest BCUT2D eigenvalue weighted by atomic mass is 10.0. The second kappa shape index (κ2) is 5.25. The molecular formula is C15H18O3. The number of carbonyl (C=O) groups is 1. The molecule has 0 aromatic heterocycles. The van der Waals surface area contributed by atoms with Crippen LogP contribution in [0.2, 0.25) is 0 Å². The molecule has 1 aromatic rings. The summed E-state index contributed by atoms with van der Waals surface area (Å²) in [4.78, 5) is 11.8. The highest BCUT2D eigenvalue weighted by molar-refractivity contribution is 5.98. The third-order valence-corrected chi connectivity index (χ3v) is 3.32. The van der Waals surface area contributed by atoms with Crippen molar-refractivity contribution in [2.45, 2.75) is 26.7 Å². The Labute approximate surface area is 107 Å². The van der Waals surface area contributed by atoms with Crippen molar-refractivity contribution < 1.29 is 14.3 Å². The van der Waals surface area contributed by atoms with Crippen LogP contribution in [0.5, 0.6) is 5.75 Å². The summed E-state index contributed by atoms with van der Waals surface area (Å²) < 4.78 is 10.3. The fourth-order valence-electron chi connectivity index (χ4n) is 2.33. The van der Waals surface area contributed by atoms with Gasteiger partial charge in [0.15, 0.2) is 0 Å². The topological polar surface area (TPSA) is 35.5 Å². The molecule has 3 heteroatoms. The molecule has 18 heavy (non-hydrogen) atoms. The van der Waals surface area contributed by atoms with Crippen LogP contribution < -0.4 is 4.74 Å². The van der Waals surface area contributed by atoms with Gasteiger partial charge in [0, 0.05) is 5.57 Å². The van der Waals surface area contributed by atoms with E-state index in [2.05, 4.69) is 6.07 Å². The fourth-order valence-corrected chi connectivity index (χ4v) is 2.33. The number of hydrogen-bond acceptors (Lipinski definition) is 3. The van der Waals surface area contributed by atoms with Crippen LogP contribution in [0.3, 0.4) is 0 Å². The van der Waals surface area contributed by atoms with Gasteiger partial charge in [0.25, 0.3) is 0 Å². The molecule has 0 radical (unpaired) electrons. The minimum atomic E-state index is -0.219. The Hall–Kier alpha value is -1.77. The van der Waals surface area contributed by atoms with E-state index >= 15 is 0 Å². The van der Waals surface area contributed by atoms with Crippen LogP contribution in [0.4, 0.5) is 0 Å². The smallest absolute Gasteiger partial charge is 0.333 e. The van der Waals surface area contributed by atoms with E-state index < -0.39 is 0 Å². The van der Waals surface area contributed by atoms with Crippen molar-refractivity contribution in [3.05, 3.63) is 34.9 Å². The maximum atomic E-state index is 11.8. The minimum absolute atomic E-state index is 0.219. The van der Waals surface area contributed by atoms with Crippen LogP contribution in [0, 0.1) is 0 Å². The van der Waals surface area contributed by atoms with Gasteiger partial charge in [-0.05, 0) is 55.5 Å². The van der Waals surface area contributed by atoms with E-state index in [0.717, 1.165) is 29.7 Å². The number of aryl methyl sites for hydroxylation is 1. The van der Waals surface area contributed by atoms with Gasteiger partial charge in [-0.1, -0.05) is 6.07 Å². The molecule has 0 spiro atoms.